The van der Waals surface area contributed by atoms with Crippen molar-refractivity contribution < 1.29 is 18.3 Å². The molecule has 1 aromatic carbocycles. The molecule has 1 saturated heterocycles. The lowest BCUT2D eigenvalue weighted by Crippen LogP contribution is -2.38. The number of hydrogen-bond donors (Lipinski definition) is 0. The highest BCUT2D eigenvalue weighted by Gasteiger charge is 2.31. The lowest BCUT2D eigenvalue weighted by Gasteiger charge is -2.37. The third-order valence-electron chi connectivity index (χ3n) is 5.83. The molecule has 3 heterocycles. The van der Waals surface area contributed by atoms with Crippen molar-refractivity contribution in [1.82, 2.24) is 24.5 Å². The van der Waals surface area contributed by atoms with E-state index in [1.165, 1.54) is 12.4 Å². The standard InChI is InChI=1S/C21H25F2N5O2/c1-13-6-7-27(10-14-4-5-15(29-2)8-19(14)30-3)11-16(13)18-9-17(20(22)23)26-21-24-12-25-28(18)21/h4-5,8-9,12-13,16,20H,6-7,10-11H2,1-3H3/t13-,16+/m1/s1. The van der Waals surface area contributed by atoms with Gasteiger partial charge in [0.15, 0.2) is 0 Å². The number of likely N-dealkylation sites (tertiary alicyclic amines) is 1. The van der Waals surface area contributed by atoms with E-state index in [-0.39, 0.29) is 17.4 Å². The Morgan fingerprint density at radius 3 is 2.77 bits per heavy atom. The maximum absolute atomic E-state index is 13.4. The summed E-state index contributed by atoms with van der Waals surface area (Å²) >= 11 is 0. The van der Waals surface area contributed by atoms with E-state index in [9.17, 15) is 8.78 Å². The summed E-state index contributed by atoms with van der Waals surface area (Å²) in [5.74, 6) is 2.08. The lowest BCUT2D eigenvalue weighted by atomic mass is 9.84. The van der Waals surface area contributed by atoms with Crippen LogP contribution >= 0.6 is 0 Å². The summed E-state index contributed by atoms with van der Waals surface area (Å²) in [6.07, 6.45) is -0.343. The van der Waals surface area contributed by atoms with Gasteiger partial charge in [0.1, 0.15) is 23.5 Å². The van der Waals surface area contributed by atoms with Gasteiger partial charge in [0, 0.05) is 30.6 Å². The van der Waals surface area contributed by atoms with Crippen LogP contribution in [0.15, 0.2) is 30.6 Å². The molecule has 3 aromatic rings. The molecule has 0 spiro atoms. The van der Waals surface area contributed by atoms with Gasteiger partial charge in [-0.2, -0.15) is 10.1 Å². The van der Waals surface area contributed by atoms with E-state index < -0.39 is 6.43 Å². The zero-order chi connectivity index (χ0) is 21.3. The molecule has 4 rings (SSSR count). The van der Waals surface area contributed by atoms with Crippen LogP contribution in [0.2, 0.25) is 0 Å². The van der Waals surface area contributed by atoms with Crippen molar-refractivity contribution in [3.63, 3.8) is 0 Å². The van der Waals surface area contributed by atoms with Crippen LogP contribution in [0.4, 0.5) is 8.78 Å². The monoisotopic (exact) mass is 417 g/mol. The molecule has 2 aromatic heterocycles. The van der Waals surface area contributed by atoms with Crippen LogP contribution in [-0.4, -0.2) is 51.8 Å². The van der Waals surface area contributed by atoms with Gasteiger partial charge in [-0.1, -0.05) is 13.0 Å². The fourth-order valence-corrected chi connectivity index (χ4v) is 4.12. The van der Waals surface area contributed by atoms with Crippen molar-refractivity contribution in [2.75, 3.05) is 27.3 Å². The molecule has 0 aliphatic carbocycles. The summed E-state index contributed by atoms with van der Waals surface area (Å²) in [4.78, 5) is 10.3. The summed E-state index contributed by atoms with van der Waals surface area (Å²) in [5.41, 5.74) is 1.53. The molecule has 0 N–H and O–H groups in total. The molecule has 160 valence electrons. The predicted molar refractivity (Wildman–Crippen MR) is 107 cm³/mol. The molecule has 0 amide bonds. The number of aromatic nitrogens is 4. The summed E-state index contributed by atoms with van der Waals surface area (Å²) in [7, 11) is 3.27. The number of alkyl halides is 2. The van der Waals surface area contributed by atoms with E-state index in [2.05, 4.69) is 26.9 Å². The molecule has 0 bridgehead atoms. The molecule has 0 unspecified atom stereocenters. The molecular formula is C21H25F2N5O2. The second-order valence-corrected chi connectivity index (χ2v) is 7.66. The van der Waals surface area contributed by atoms with E-state index >= 15 is 0 Å². The summed E-state index contributed by atoms with van der Waals surface area (Å²) in [6.45, 7) is 4.49. The van der Waals surface area contributed by atoms with Crippen LogP contribution < -0.4 is 9.47 Å². The Bertz CT molecular complexity index is 1030. The van der Waals surface area contributed by atoms with Crippen molar-refractivity contribution in [2.24, 2.45) is 5.92 Å². The highest BCUT2D eigenvalue weighted by atomic mass is 19.3. The largest absolute Gasteiger partial charge is 0.497 e. The van der Waals surface area contributed by atoms with Crippen LogP contribution in [-0.2, 0) is 6.54 Å². The summed E-state index contributed by atoms with van der Waals surface area (Å²) in [5, 5.41) is 4.23. The van der Waals surface area contributed by atoms with Gasteiger partial charge < -0.3 is 9.47 Å². The van der Waals surface area contributed by atoms with Gasteiger partial charge in [0.05, 0.1) is 19.9 Å². The molecule has 0 radical (unpaired) electrons. The molecule has 9 heteroatoms. The first-order valence-corrected chi connectivity index (χ1v) is 9.92. The zero-order valence-corrected chi connectivity index (χ0v) is 17.3. The number of fused-ring (bicyclic) bond motifs is 1. The van der Waals surface area contributed by atoms with Crippen LogP contribution in [0.25, 0.3) is 5.78 Å². The van der Waals surface area contributed by atoms with Crippen LogP contribution in [0.3, 0.4) is 0 Å². The van der Waals surface area contributed by atoms with Gasteiger partial charge in [-0.15, -0.1) is 0 Å². The Kier molecular flexibility index (Phi) is 5.80. The Hall–Kier alpha value is -2.81. The third-order valence-corrected chi connectivity index (χ3v) is 5.83. The van der Waals surface area contributed by atoms with Crippen LogP contribution in [0, 0.1) is 5.92 Å². The second-order valence-electron chi connectivity index (χ2n) is 7.66. The first-order valence-electron chi connectivity index (χ1n) is 9.92. The SMILES string of the molecule is COc1ccc(CN2CC[C@@H](C)[C@@H](c3cc(C(F)F)nc4ncnn34)C2)c(OC)c1. The van der Waals surface area contributed by atoms with Crippen LogP contribution in [0.5, 0.6) is 11.5 Å². The first kappa shape index (κ1) is 20.5. The highest BCUT2D eigenvalue weighted by Crippen LogP contribution is 2.35. The van der Waals surface area contributed by atoms with E-state index in [0.29, 0.717) is 12.5 Å². The van der Waals surface area contributed by atoms with Crippen molar-refractivity contribution >= 4 is 5.78 Å². The number of ether oxygens (including phenoxy) is 2. The fourth-order valence-electron chi connectivity index (χ4n) is 4.12. The van der Waals surface area contributed by atoms with E-state index in [1.807, 2.05) is 18.2 Å². The zero-order valence-electron chi connectivity index (χ0n) is 17.3. The summed E-state index contributed by atoms with van der Waals surface area (Å²) < 4.78 is 39.2. The Morgan fingerprint density at radius 2 is 2.03 bits per heavy atom. The molecule has 1 aliphatic heterocycles. The van der Waals surface area contributed by atoms with Crippen molar-refractivity contribution in [2.45, 2.75) is 32.2 Å². The maximum Gasteiger partial charge on any atom is 0.280 e. The van der Waals surface area contributed by atoms with Gasteiger partial charge in [0.2, 0.25) is 0 Å². The van der Waals surface area contributed by atoms with Crippen molar-refractivity contribution in [3.8, 4) is 11.5 Å². The minimum absolute atomic E-state index is 0.0349. The topological polar surface area (TPSA) is 64.8 Å². The van der Waals surface area contributed by atoms with Gasteiger partial charge in [-0.25, -0.2) is 18.3 Å². The smallest absolute Gasteiger partial charge is 0.280 e. The van der Waals surface area contributed by atoms with Crippen molar-refractivity contribution in [1.29, 1.82) is 0 Å². The normalized spacial score (nSPS) is 20.1. The molecule has 0 saturated carbocycles. The van der Waals surface area contributed by atoms with Gasteiger partial charge in [-0.3, -0.25) is 4.90 Å². The molecule has 1 fully saturated rings. The number of rotatable bonds is 6. The van der Waals surface area contributed by atoms with E-state index in [4.69, 9.17) is 9.47 Å². The highest BCUT2D eigenvalue weighted by molar-refractivity contribution is 5.41. The number of benzene rings is 1. The summed E-state index contributed by atoms with van der Waals surface area (Å²) in [6, 6.07) is 7.27. The quantitative estimate of drug-likeness (QED) is 0.609. The molecule has 7 nitrogen and oxygen atoms in total. The maximum atomic E-state index is 13.4. The van der Waals surface area contributed by atoms with Gasteiger partial charge >= 0.3 is 0 Å². The predicted octanol–water partition coefficient (Wildman–Crippen LogP) is 3.70. The van der Waals surface area contributed by atoms with Gasteiger partial charge in [0.25, 0.3) is 12.2 Å². The molecule has 1 aliphatic rings. The second kappa shape index (κ2) is 8.51. The average molecular weight is 417 g/mol. The Balaban J connectivity index is 1.62. The van der Waals surface area contributed by atoms with Crippen molar-refractivity contribution in [3.05, 3.63) is 47.5 Å². The average Bonchev–Trinajstić information content (AvgIpc) is 3.23. The minimum Gasteiger partial charge on any atom is -0.497 e. The Morgan fingerprint density at radius 1 is 1.20 bits per heavy atom. The number of methoxy groups -OCH3 is 2. The van der Waals surface area contributed by atoms with E-state index in [0.717, 1.165) is 42.3 Å². The third kappa shape index (κ3) is 3.94. The Labute approximate surface area is 173 Å². The number of piperidine rings is 1. The minimum atomic E-state index is -2.65. The number of nitrogens with zero attached hydrogens (tertiary/aromatic N) is 5. The lowest BCUT2D eigenvalue weighted by molar-refractivity contribution is 0.143. The van der Waals surface area contributed by atoms with Gasteiger partial charge in [-0.05, 0) is 31.0 Å². The number of halogens is 2. The molecule has 2 atom stereocenters. The molecular weight excluding hydrogens is 392 g/mol. The molecule has 30 heavy (non-hydrogen) atoms. The van der Waals surface area contributed by atoms with E-state index in [1.54, 1.807) is 18.7 Å². The van der Waals surface area contributed by atoms with Crippen LogP contribution in [0.1, 0.15) is 42.6 Å². The first-order chi connectivity index (χ1) is 14.5. The number of hydrogen-bond acceptors (Lipinski definition) is 6. The fraction of sp³-hybridized carbons (Fsp3) is 0.476.